The van der Waals surface area contributed by atoms with E-state index in [1.165, 1.54) is 64.2 Å². The Morgan fingerprint density at radius 1 is 1.00 bits per heavy atom. The number of aromatic nitrogens is 1. The molecule has 2 heteroatoms. The lowest BCUT2D eigenvalue weighted by atomic mass is 9.44. The van der Waals surface area contributed by atoms with E-state index in [1.54, 1.807) is 0 Å². The van der Waals surface area contributed by atoms with Crippen LogP contribution in [0.1, 0.15) is 95.5 Å². The lowest BCUT2D eigenvalue weighted by Gasteiger charge is -2.60. The largest absolute Gasteiger partial charge is 0.283 e. The van der Waals surface area contributed by atoms with Gasteiger partial charge >= 0.3 is 0 Å². The maximum atomic E-state index is 12.8. The third-order valence-electron chi connectivity index (χ3n) is 11.1. The van der Waals surface area contributed by atoms with Crippen molar-refractivity contribution in [2.75, 3.05) is 0 Å². The quantitative estimate of drug-likeness (QED) is 0.286. The maximum absolute atomic E-state index is 12.8. The molecule has 1 heterocycles. The van der Waals surface area contributed by atoms with Gasteiger partial charge in [0.25, 0.3) is 5.69 Å². The molecule has 0 radical (unpaired) electrons. The Balaban J connectivity index is 1.31. The van der Waals surface area contributed by atoms with Gasteiger partial charge in [-0.2, -0.15) is 4.57 Å². The van der Waals surface area contributed by atoms with Crippen molar-refractivity contribution in [3.05, 3.63) is 42.2 Å². The summed E-state index contributed by atoms with van der Waals surface area (Å²) >= 11 is 0. The number of carbonyl (C=O) groups is 1. The first-order chi connectivity index (χ1) is 15.3. The van der Waals surface area contributed by atoms with E-state index in [2.05, 4.69) is 26.8 Å². The minimum Gasteiger partial charge on any atom is -0.283 e. The normalized spacial score (nSPS) is 42.2. The van der Waals surface area contributed by atoms with Crippen molar-refractivity contribution < 1.29 is 9.36 Å². The van der Waals surface area contributed by atoms with Crippen molar-refractivity contribution in [3.63, 3.8) is 0 Å². The fourth-order valence-electron chi connectivity index (χ4n) is 9.44. The molecule has 0 N–H and O–H groups in total. The number of ketones is 1. The maximum Gasteiger partial charge on any atom is 0.252 e. The smallest absolute Gasteiger partial charge is 0.252 e. The Morgan fingerprint density at radius 3 is 2.62 bits per heavy atom. The summed E-state index contributed by atoms with van der Waals surface area (Å²) in [4.78, 5) is 12.8. The van der Waals surface area contributed by atoms with Crippen LogP contribution in [0.15, 0.2) is 36.5 Å². The molecule has 0 saturated heterocycles. The summed E-state index contributed by atoms with van der Waals surface area (Å²) in [6.45, 7) is 7.69. The molecule has 2 nitrogen and oxygen atoms in total. The highest BCUT2D eigenvalue weighted by atomic mass is 16.1. The average molecular weight is 435 g/mol. The van der Waals surface area contributed by atoms with E-state index in [1.807, 2.05) is 42.1 Å². The van der Waals surface area contributed by atoms with E-state index >= 15 is 0 Å². The second-order valence-corrected chi connectivity index (χ2v) is 12.4. The molecule has 4 aliphatic carbocycles. The van der Waals surface area contributed by atoms with E-state index in [-0.39, 0.29) is 5.78 Å². The van der Waals surface area contributed by atoms with Gasteiger partial charge in [-0.1, -0.05) is 39.7 Å². The minimum absolute atomic E-state index is 0.131. The summed E-state index contributed by atoms with van der Waals surface area (Å²) in [6.07, 6.45) is 20.6. The molecule has 0 aromatic carbocycles. The van der Waals surface area contributed by atoms with Gasteiger partial charge in [-0.15, -0.1) is 0 Å². The van der Waals surface area contributed by atoms with Gasteiger partial charge in [0, 0.05) is 12.1 Å². The van der Waals surface area contributed by atoms with Crippen molar-refractivity contribution in [3.8, 4) is 0 Å². The van der Waals surface area contributed by atoms with E-state index in [9.17, 15) is 4.79 Å². The van der Waals surface area contributed by atoms with Crippen LogP contribution in [0.25, 0.3) is 0 Å². The third-order valence-corrected chi connectivity index (χ3v) is 11.1. The molecular weight excluding hydrogens is 390 g/mol. The van der Waals surface area contributed by atoms with Crippen LogP contribution in [0.4, 0.5) is 0 Å². The first-order valence-electron chi connectivity index (χ1n) is 13.5. The molecular formula is C30H44NO+. The molecule has 0 spiro atoms. The first-order valence-corrected chi connectivity index (χ1v) is 13.5. The summed E-state index contributed by atoms with van der Waals surface area (Å²) in [7, 11) is 1.95. The predicted octanol–water partition coefficient (Wildman–Crippen LogP) is 6.94. The monoisotopic (exact) mass is 434 g/mol. The van der Waals surface area contributed by atoms with Crippen molar-refractivity contribution >= 4 is 5.78 Å². The number of allylic oxidation sites excluding steroid dienone is 2. The molecule has 0 aliphatic heterocycles. The minimum atomic E-state index is 0.131. The van der Waals surface area contributed by atoms with Crippen molar-refractivity contribution in [2.24, 2.45) is 53.4 Å². The zero-order chi connectivity index (χ0) is 22.5. The molecule has 0 bridgehead atoms. The number of hydrogen-bond acceptors (Lipinski definition) is 1. The van der Waals surface area contributed by atoms with Crippen LogP contribution in [0.3, 0.4) is 0 Å². The van der Waals surface area contributed by atoms with Crippen LogP contribution >= 0.6 is 0 Å². The van der Waals surface area contributed by atoms with Gasteiger partial charge in [-0.05, 0) is 110 Å². The number of aryl methyl sites for hydroxylation is 1. The van der Waals surface area contributed by atoms with Crippen LogP contribution in [-0.2, 0) is 7.05 Å². The van der Waals surface area contributed by atoms with Crippen molar-refractivity contribution in [1.82, 2.24) is 0 Å². The third kappa shape index (κ3) is 3.51. The highest BCUT2D eigenvalue weighted by Gasteiger charge is 2.59. The molecule has 1 aromatic rings. The van der Waals surface area contributed by atoms with Crippen LogP contribution in [-0.4, -0.2) is 5.78 Å². The van der Waals surface area contributed by atoms with E-state index in [0.29, 0.717) is 16.7 Å². The highest BCUT2D eigenvalue weighted by Crippen LogP contribution is 2.68. The number of carbonyl (C=O) groups excluding carboxylic acids is 1. The number of rotatable bonds is 4. The molecule has 4 saturated carbocycles. The summed E-state index contributed by atoms with van der Waals surface area (Å²) < 4.78 is 1.92. The average Bonchev–Trinajstić information content (AvgIpc) is 3.14. The van der Waals surface area contributed by atoms with E-state index in [4.69, 9.17) is 0 Å². The van der Waals surface area contributed by atoms with Crippen LogP contribution in [0.2, 0.25) is 0 Å². The Labute approximate surface area is 195 Å². The van der Waals surface area contributed by atoms with Gasteiger partial charge < -0.3 is 0 Å². The van der Waals surface area contributed by atoms with Gasteiger partial charge in [0.1, 0.15) is 7.05 Å². The number of hydrogen-bond donors (Lipinski definition) is 0. The summed E-state index contributed by atoms with van der Waals surface area (Å²) in [6, 6.07) is 5.85. The topological polar surface area (TPSA) is 20.9 Å². The highest BCUT2D eigenvalue weighted by molar-refractivity contribution is 6.01. The molecule has 174 valence electrons. The molecule has 8 atom stereocenters. The Hall–Kier alpha value is -1.44. The number of pyridine rings is 1. The van der Waals surface area contributed by atoms with Gasteiger partial charge in [-0.25, -0.2) is 0 Å². The summed E-state index contributed by atoms with van der Waals surface area (Å²) in [5.41, 5.74) is 1.86. The summed E-state index contributed by atoms with van der Waals surface area (Å²) in [5.74, 6) is 5.17. The molecule has 32 heavy (non-hydrogen) atoms. The Morgan fingerprint density at radius 2 is 1.81 bits per heavy atom. The van der Waals surface area contributed by atoms with Crippen molar-refractivity contribution in [1.29, 1.82) is 0 Å². The zero-order valence-corrected chi connectivity index (χ0v) is 20.9. The van der Waals surface area contributed by atoms with Crippen LogP contribution in [0.5, 0.6) is 0 Å². The van der Waals surface area contributed by atoms with Crippen LogP contribution < -0.4 is 4.57 Å². The van der Waals surface area contributed by atoms with Gasteiger partial charge in [0.15, 0.2) is 6.20 Å². The molecule has 0 amide bonds. The lowest BCUT2D eigenvalue weighted by Crippen LogP contribution is -2.53. The molecule has 4 fully saturated rings. The molecule has 5 rings (SSSR count). The second-order valence-electron chi connectivity index (χ2n) is 12.4. The molecule has 4 aliphatic rings. The predicted molar refractivity (Wildman–Crippen MR) is 130 cm³/mol. The lowest BCUT2D eigenvalue weighted by molar-refractivity contribution is -0.673. The Bertz CT molecular complexity index is 889. The second kappa shape index (κ2) is 8.41. The first kappa shape index (κ1) is 22.4. The van der Waals surface area contributed by atoms with Crippen molar-refractivity contribution in [2.45, 2.75) is 85.0 Å². The standard InChI is InChI=1S/C30H44NO/c1-21(11-16-28(32)27-10-6-8-20-31(27)4)24-14-15-25-23-13-12-22-9-5-7-18-29(22,2)26(23)17-19-30(24,25)3/h6,8,10-11,16,20-26H,5,7,9,12-15,17-19H2,1-4H3/q+1/t21-,22?,23+,24-,25+,26+,29+,30-/m1/s1. The SMILES string of the molecule is C[C@H](C=CC(=O)c1cccc[n+]1C)[C@H]1CC[C@H]2[C@@H]3CCC4CCCC[C@]4(C)[C@H]3CC[C@]12C. The van der Waals surface area contributed by atoms with Gasteiger partial charge in [-0.3, -0.25) is 4.79 Å². The summed E-state index contributed by atoms with van der Waals surface area (Å²) in [5, 5.41) is 0. The Kier molecular flexibility index (Phi) is 5.87. The van der Waals surface area contributed by atoms with Gasteiger partial charge in [0.05, 0.1) is 0 Å². The van der Waals surface area contributed by atoms with Gasteiger partial charge in [0.2, 0.25) is 5.78 Å². The van der Waals surface area contributed by atoms with E-state index < -0.39 is 0 Å². The molecule has 1 unspecified atom stereocenters. The number of nitrogens with zero attached hydrogens (tertiary/aromatic N) is 1. The van der Waals surface area contributed by atoms with Crippen LogP contribution in [0, 0.1) is 46.3 Å². The fraction of sp³-hybridized carbons (Fsp3) is 0.733. The van der Waals surface area contributed by atoms with E-state index in [0.717, 1.165) is 35.3 Å². The zero-order valence-electron chi connectivity index (χ0n) is 20.9. The molecule has 1 aromatic heterocycles. The fourth-order valence-corrected chi connectivity index (χ4v) is 9.44. The number of fused-ring (bicyclic) bond motifs is 5.